The molecule has 0 atom stereocenters. The zero-order valence-corrected chi connectivity index (χ0v) is 11.7. The Balaban J connectivity index is 1.78. The molecule has 0 saturated heterocycles. The summed E-state index contributed by atoms with van der Waals surface area (Å²) in [5.74, 6) is 0. The van der Waals surface area contributed by atoms with Crippen LogP contribution < -0.4 is 5.32 Å². The van der Waals surface area contributed by atoms with Crippen LogP contribution in [-0.4, -0.2) is 10.5 Å². The standard InChI is InChI=1S/C17H22N2/c1-17(10-3-2-4-11-17)19-13-15-8-5-7-14-9-6-12-18-16(14)15/h5-9,12,19H,2-4,10-11,13H2,1H3. The molecule has 0 unspecified atom stereocenters. The van der Waals surface area contributed by atoms with Gasteiger partial charge in [0.2, 0.25) is 0 Å². The smallest absolute Gasteiger partial charge is 0.0746 e. The summed E-state index contributed by atoms with van der Waals surface area (Å²) in [6.45, 7) is 3.29. The van der Waals surface area contributed by atoms with E-state index in [0.717, 1.165) is 12.1 Å². The molecule has 0 spiro atoms. The second-order valence-electron chi connectivity index (χ2n) is 5.97. The van der Waals surface area contributed by atoms with Gasteiger partial charge in [0, 0.05) is 23.7 Å². The van der Waals surface area contributed by atoms with Crippen LogP contribution in [-0.2, 0) is 6.54 Å². The first kappa shape index (κ1) is 12.6. The first-order chi connectivity index (χ1) is 9.27. The van der Waals surface area contributed by atoms with E-state index in [9.17, 15) is 0 Å². The molecular weight excluding hydrogens is 232 g/mol. The fourth-order valence-electron chi connectivity index (χ4n) is 3.13. The van der Waals surface area contributed by atoms with Gasteiger partial charge < -0.3 is 5.32 Å². The van der Waals surface area contributed by atoms with Crippen molar-refractivity contribution in [3.05, 3.63) is 42.1 Å². The van der Waals surface area contributed by atoms with Gasteiger partial charge in [-0.05, 0) is 31.4 Å². The molecule has 0 aliphatic heterocycles. The summed E-state index contributed by atoms with van der Waals surface area (Å²) in [6.07, 6.45) is 8.59. The third kappa shape index (κ3) is 2.79. The second kappa shape index (κ2) is 5.30. The molecule has 2 aromatic rings. The van der Waals surface area contributed by atoms with Crippen LogP contribution in [0.15, 0.2) is 36.5 Å². The van der Waals surface area contributed by atoms with E-state index >= 15 is 0 Å². The van der Waals surface area contributed by atoms with E-state index in [4.69, 9.17) is 0 Å². The molecule has 1 aliphatic carbocycles. The van der Waals surface area contributed by atoms with E-state index in [1.54, 1.807) is 0 Å². The molecular formula is C17H22N2. The van der Waals surface area contributed by atoms with Crippen molar-refractivity contribution in [2.75, 3.05) is 0 Å². The number of fused-ring (bicyclic) bond motifs is 1. The highest BCUT2D eigenvalue weighted by Crippen LogP contribution is 2.28. The van der Waals surface area contributed by atoms with Gasteiger partial charge in [0.25, 0.3) is 0 Å². The van der Waals surface area contributed by atoms with Crippen molar-refractivity contribution in [2.24, 2.45) is 0 Å². The van der Waals surface area contributed by atoms with Crippen LogP contribution in [0.25, 0.3) is 10.9 Å². The average molecular weight is 254 g/mol. The lowest BCUT2D eigenvalue weighted by molar-refractivity contribution is 0.253. The van der Waals surface area contributed by atoms with E-state index in [1.807, 2.05) is 12.3 Å². The largest absolute Gasteiger partial charge is 0.307 e. The molecule has 2 nitrogen and oxygen atoms in total. The Morgan fingerprint density at radius 2 is 1.89 bits per heavy atom. The highest BCUT2D eigenvalue weighted by molar-refractivity contribution is 5.81. The summed E-state index contributed by atoms with van der Waals surface area (Å²) >= 11 is 0. The van der Waals surface area contributed by atoms with Gasteiger partial charge in [-0.3, -0.25) is 4.98 Å². The molecule has 3 rings (SSSR count). The van der Waals surface area contributed by atoms with E-state index in [-0.39, 0.29) is 0 Å². The van der Waals surface area contributed by atoms with Crippen LogP contribution in [0.3, 0.4) is 0 Å². The average Bonchev–Trinajstić information content (AvgIpc) is 2.46. The summed E-state index contributed by atoms with van der Waals surface area (Å²) in [7, 11) is 0. The normalized spacial score (nSPS) is 18.6. The summed E-state index contributed by atoms with van der Waals surface area (Å²) in [5, 5.41) is 5.00. The van der Waals surface area contributed by atoms with Crippen molar-refractivity contribution in [3.63, 3.8) is 0 Å². The molecule has 1 N–H and O–H groups in total. The fraction of sp³-hybridized carbons (Fsp3) is 0.471. The molecule has 19 heavy (non-hydrogen) atoms. The molecule has 2 heteroatoms. The Kier molecular flexibility index (Phi) is 3.52. The van der Waals surface area contributed by atoms with Crippen LogP contribution >= 0.6 is 0 Å². The van der Waals surface area contributed by atoms with Crippen molar-refractivity contribution >= 4 is 10.9 Å². The third-order valence-corrected chi connectivity index (χ3v) is 4.38. The van der Waals surface area contributed by atoms with Gasteiger partial charge in [-0.1, -0.05) is 43.5 Å². The zero-order chi connectivity index (χ0) is 13.1. The fourth-order valence-corrected chi connectivity index (χ4v) is 3.13. The Labute approximate surface area is 115 Å². The summed E-state index contributed by atoms with van der Waals surface area (Å²) < 4.78 is 0. The van der Waals surface area contributed by atoms with E-state index < -0.39 is 0 Å². The van der Waals surface area contributed by atoms with Crippen molar-refractivity contribution in [1.29, 1.82) is 0 Å². The molecule has 0 radical (unpaired) electrons. The molecule has 1 aromatic heterocycles. The Hall–Kier alpha value is -1.41. The van der Waals surface area contributed by atoms with Crippen LogP contribution in [0.5, 0.6) is 0 Å². The predicted molar refractivity (Wildman–Crippen MR) is 80.1 cm³/mol. The number of nitrogens with zero attached hydrogens (tertiary/aromatic N) is 1. The number of aromatic nitrogens is 1. The van der Waals surface area contributed by atoms with Crippen LogP contribution in [0.2, 0.25) is 0 Å². The highest BCUT2D eigenvalue weighted by atomic mass is 15.0. The number of pyridine rings is 1. The number of hydrogen-bond donors (Lipinski definition) is 1. The molecule has 1 aromatic carbocycles. The first-order valence-electron chi connectivity index (χ1n) is 7.35. The van der Waals surface area contributed by atoms with Crippen molar-refractivity contribution in [2.45, 2.75) is 51.1 Å². The maximum atomic E-state index is 4.53. The SMILES string of the molecule is CC1(NCc2cccc3cccnc23)CCCCC1. The quantitative estimate of drug-likeness (QED) is 0.894. The lowest BCUT2D eigenvalue weighted by atomic mass is 9.83. The van der Waals surface area contributed by atoms with Gasteiger partial charge in [-0.15, -0.1) is 0 Å². The van der Waals surface area contributed by atoms with E-state index in [0.29, 0.717) is 5.54 Å². The van der Waals surface area contributed by atoms with Gasteiger partial charge in [0.05, 0.1) is 5.52 Å². The summed E-state index contributed by atoms with van der Waals surface area (Å²) in [5.41, 5.74) is 2.76. The molecule has 100 valence electrons. The topological polar surface area (TPSA) is 24.9 Å². The molecule has 0 amide bonds. The molecule has 1 saturated carbocycles. The Morgan fingerprint density at radius 1 is 1.11 bits per heavy atom. The molecule has 1 aliphatic rings. The maximum absolute atomic E-state index is 4.53. The van der Waals surface area contributed by atoms with Gasteiger partial charge in [0.1, 0.15) is 0 Å². The van der Waals surface area contributed by atoms with Crippen LogP contribution in [0.1, 0.15) is 44.6 Å². The van der Waals surface area contributed by atoms with Crippen molar-refractivity contribution in [1.82, 2.24) is 10.3 Å². The lowest BCUT2D eigenvalue weighted by Crippen LogP contribution is -2.43. The molecule has 0 bridgehead atoms. The third-order valence-electron chi connectivity index (χ3n) is 4.38. The van der Waals surface area contributed by atoms with Gasteiger partial charge in [-0.2, -0.15) is 0 Å². The maximum Gasteiger partial charge on any atom is 0.0746 e. The van der Waals surface area contributed by atoms with Gasteiger partial charge in [0.15, 0.2) is 0 Å². The van der Waals surface area contributed by atoms with E-state index in [1.165, 1.54) is 43.1 Å². The minimum absolute atomic E-state index is 0.315. The van der Waals surface area contributed by atoms with Gasteiger partial charge >= 0.3 is 0 Å². The number of benzene rings is 1. The first-order valence-corrected chi connectivity index (χ1v) is 7.35. The lowest BCUT2D eigenvalue weighted by Gasteiger charge is -2.35. The number of rotatable bonds is 3. The second-order valence-corrected chi connectivity index (χ2v) is 5.97. The van der Waals surface area contributed by atoms with Crippen molar-refractivity contribution < 1.29 is 0 Å². The monoisotopic (exact) mass is 254 g/mol. The number of nitrogens with one attached hydrogen (secondary N) is 1. The van der Waals surface area contributed by atoms with E-state index in [2.05, 4.69) is 41.5 Å². The van der Waals surface area contributed by atoms with Crippen molar-refractivity contribution in [3.8, 4) is 0 Å². The zero-order valence-electron chi connectivity index (χ0n) is 11.7. The minimum Gasteiger partial charge on any atom is -0.307 e. The minimum atomic E-state index is 0.315. The highest BCUT2D eigenvalue weighted by Gasteiger charge is 2.25. The Morgan fingerprint density at radius 3 is 2.74 bits per heavy atom. The van der Waals surface area contributed by atoms with Crippen LogP contribution in [0, 0.1) is 0 Å². The molecule has 1 fully saturated rings. The molecule has 1 heterocycles. The Bertz CT molecular complexity index is 551. The predicted octanol–water partition coefficient (Wildman–Crippen LogP) is 4.05. The summed E-state index contributed by atoms with van der Waals surface area (Å²) in [4.78, 5) is 4.53. The summed E-state index contributed by atoms with van der Waals surface area (Å²) in [6, 6.07) is 10.6. The number of para-hydroxylation sites is 1. The van der Waals surface area contributed by atoms with Crippen LogP contribution in [0.4, 0.5) is 0 Å². The number of hydrogen-bond acceptors (Lipinski definition) is 2. The van der Waals surface area contributed by atoms with Gasteiger partial charge in [-0.25, -0.2) is 0 Å².